The Morgan fingerprint density at radius 3 is 2.38 bits per heavy atom. The molecular weight excluding hydrogens is 166 g/mol. The smallest absolute Gasteiger partial charge is 0.292 e. The van der Waals surface area contributed by atoms with E-state index in [1.54, 1.807) is 12.1 Å². The van der Waals surface area contributed by atoms with Gasteiger partial charge < -0.3 is 4.74 Å². The third-order valence-corrected chi connectivity index (χ3v) is 1.41. The highest BCUT2D eigenvalue weighted by molar-refractivity contribution is 5.54. The number of ether oxygens (including phenoxy) is 1. The molecule has 0 N–H and O–H groups in total. The van der Waals surface area contributed by atoms with Gasteiger partial charge >= 0.3 is 0 Å². The van der Waals surface area contributed by atoms with Crippen molar-refractivity contribution in [2.75, 3.05) is 0 Å². The first kappa shape index (κ1) is 8.59. The molecule has 0 radical (unpaired) electrons. The number of nitrogens with zero attached hydrogens (tertiary/aromatic N) is 3. The molecule has 0 aliphatic heterocycles. The second kappa shape index (κ2) is 3.76. The van der Waals surface area contributed by atoms with Gasteiger partial charge in [-0.1, -0.05) is 6.07 Å². The largest absolute Gasteiger partial charge is 0.387 e. The van der Waals surface area contributed by atoms with Crippen LogP contribution in [0, 0.1) is 34.2 Å². The van der Waals surface area contributed by atoms with Crippen LogP contribution in [0.15, 0.2) is 18.2 Å². The molecule has 1 aromatic rings. The predicted molar refractivity (Wildman–Crippen MR) is 42.1 cm³/mol. The molecule has 1 aromatic carbocycles. The van der Waals surface area contributed by atoms with Crippen LogP contribution in [0.4, 0.5) is 0 Å². The maximum atomic E-state index is 8.67. The van der Waals surface area contributed by atoms with Crippen LogP contribution >= 0.6 is 0 Å². The van der Waals surface area contributed by atoms with Crippen LogP contribution in [0.3, 0.4) is 0 Å². The highest BCUT2D eigenvalue weighted by Gasteiger charge is 2.07. The summed E-state index contributed by atoms with van der Waals surface area (Å²) < 4.78 is 4.50. The predicted octanol–water partition coefficient (Wildman–Crippen LogP) is 1.29. The molecule has 0 heterocycles. The average molecular weight is 169 g/mol. The fourth-order valence-electron chi connectivity index (χ4n) is 0.874. The summed E-state index contributed by atoms with van der Waals surface area (Å²) in [6.07, 6.45) is 1.45. The van der Waals surface area contributed by atoms with E-state index in [1.165, 1.54) is 18.4 Å². The third-order valence-electron chi connectivity index (χ3n) is 1.41. The van der Waals surface area contributed by atoms with Gasteiger partial charge in [0.15, 0.2) is 5.75 Å². The molecule has 0 saturated carbocycles. The van der Waals surface area contributed by atoms with Gasteiger partial charge in [-0.05, 0) is 12.1 Å². The molecule has 0 fully saturated rings. The lowest BCUT2D eigenvalue weighted by molar-refractivity contribution is 0.505. The molecule has 60 valence electrons. The van der Waals surface area contributed by atoms with Crippen molar-refractivity contribution in [2.24, 2.45) is 0 Å². The van der Waals surface area contributed by atoms with Gasteiger partial charge in [0.1, 0.15) is 17.7 Å². The second-order valence-corrected chi connectivity index (χ2v) is 2.10. The van der Waals surface area contributed by atoms with Gasteiger partial charge in [-0.15, -0.1) is 5.26 Å². The van der Waals surface area contributed by atoms with Crippen LogP contribution in [0.2, 0.25) is 0 Å². The van der Waals surface area contributed by atoms with Crippen LogP contribution in [0.1, 0.15) is 11.1 Å². The highest BCUT2D eigenvalue weighted by Crippen LogP contribution is 2.20. The SMILES string of the molecule is N#COc1cccc(C#N)c1C#N. The summed E-state index contributed by atoms with van der Waals surface area (Å²) in [6.45, 7) is 0. The standard InChI is InChI=1S/C9H3N3O/c10-4-7-2-1-3-9(13-6-12)8(7)5-11/h1-3H. The summed E-state index contributed by atoms with van der Waals surface area (Å²) in [5.74, 6) is 0.115. The zero-order valence-corrected chi connectivity index (χ0v) is 6.48. The summed E-state index contributed by atoms with van der Waals surface area (Å²) in [5, 5.41) is 25.5. The van der Waals surface area contributed by atoms with E-state index in [-0.39, 0.29) is 16.9 Å². The van der Waals surface area contributed by atoms with E-state index in [2.05, 4.69) is 4.74 Å². The topological polar surface area (TPSA) is 80.6 Å². The number of nitriles is 3. The monoisotopic (exact) mass is 169 g/mol. The van der Waals surface area contributed by atoms with Crippen LogP contribution in [0.25, 0.3) is 0 Å². The summed E-state index contributed by atoms with van der Waals surface area (Å²) >= 11 is 0. The Balaban J connectivity index is 3.33. The fourth-order valence-corrected chi connectivity index (χ4v) is 0.874. The van der Waals surface area contributed by atoms with Crippen molar-refractivity contribution < 1.29 is 4.74 Å². The van der Waals surface area contributed by atoms with Crippen molar-refractivity contribution in [1.82, 2.24) is 0 Å². The highest BCUT2D eigenvalue weighted by atomic mass is 16.5. The summed E-state index contributed by atoms with van der Waals surface area (Å²) in [7, 11) is 0. The maximum absolute atomic E-state index is 8.67. The van der Waals surface area contributed by atoms with Crippen molar-refractivity contribution >= 4 is 0 Å². The molecule has 4 heteroatoms. The van der Waals surface area contributed by atoms with E-state index in [4.69, 9.17) is 15.8 Å². The van der Waals surface area contributed by atoms with E-state index >= 15 is 0 Å². The van der Waals surface area contributed by atoms with Crippen LogP contribution in [-0.2, 0) is 0 Å². The molecule has 0 amide bonds. The van der Waals surface area contributed by atoms with Gasteiger partial charge in [-0.3, -0.25) is 0 Å². The molecular formula is C9H3N3O. The molecule has 0 aliphatic rings. The zero-order chi connectivity index (χ0) is 9.68. The normalized spacial score (nSPS) is 7.77. The summed E-state index contributed by atoms with van der Waals surface area (Å²) in [4.78, 5) is 0. The van der Waals surface area contributed by atoms with Crippen LogP contribution < -0.4 is 4.74 Å². The Hall–Kier alpha value is -2.51. The Morgan fingerprint density at radius 2 is 1.85 bits per heavy atom. The van der Waals surface area contributed by atoms with Crippen molar-refractivity contribution in [3.05, 3.63) is 29.3 Å². The van der Waals surface area contributed by atoms with E-state index < -0.39 is 0 Å². The Morgan fingerprint density at radius 1 is 1.08 bits per heavy atom. The lowest BCUT2D eigenvalue weighted by Gasteiger charge is -1.98. The maximum Gasteiger partial charge on any atom is 0.292 e. The quantitative estimate of drug-likeness (QED) is 0.593. The second-order valence-electron chi connectivity index (χ2n) is 2.10. The van der Waals surface area contributed by atoms with E-state index in [0.29, 0.717) is 0 Å². The molecule has 0 aromatic heterocycles. The molecule has 4 nitrogen and oxygen atoms in total. The first-order chi connectivity index (χ1) is 6.33. The Labute approximate surface area is 74.8 Å². The Kier molecular flexibility index (Phi) is 2.48. The number of rotatable bonds is 1. The van der Waals surface area contributed by atoms with Crippen LogP contribution in [-0.4, -0.2) is 0 Å². The minimum absolute atomic E-state index is 0.0894. The summed E-state index contributed by atoms with van der Waals surface area (Å²) in [6, 6.07) is 8.13. The molecule has 0 atom stereocenters. The minimum Gasteiger partial charge on any atom is -0.387 e. The lowest BCUT2D eigenvalue weighted by atomic mass is 10.1. The molecule has 1 rings (SSSR count). The average Bonchev–Trinajstić information content (AvgIpc) is 2.18. The molecule has 0 spiro atoms. The van der Waals surface area contributed by atoms with Gasteiger partial charge in [0.25, 0.3) is 6.26 Å². The first-order valence-electron chi connectivity index (χ1n) is 3.32. The van der Waals surface area contributed by atoms with Crippen LogP contribution in [0.5, 0.6) is 5.75 Å². The summed E-state index contributed by atoms with van der Waals surface area (Å²) in [5.41, 5.74) is 0.293. The molecule has 0 bridgehead atoms. The Bertz CT molecular complexity index is 445. The van der Waals surface area contributed by atoms with Gasteiger partial charge in [0.05, 0.1) is 5.56 Å². The zero-order valence-electron chi connectivity index (χ0n) is 6.48. The van der Waals surface area contributed by atoms with Crippen molar-refractivity contribution in [3.8, 4) is 24.1 Å². The fraction of sp³-hybridized carbons (Fsp3) is 0. The lowest BCUT2D eigenvalue weighted by Crippen LogP contribution is -1.90. The minimum atomic E-state index is 0.0894. The number of hydrogen-bond acceptors (Lipinski definition) is 4. The number of benzene rings is 1. The van der Waals surface area contributed by atoms with E-state index in [9.17, 15) is 0 Å². The van der Waals surface area contributed by atoms with Crippen molar-refractivity contribution in [2.45, 2.75) is 0 Å². The van der Waals surface area contributed by atoms with Gasteiger partial charge in [-0.25, -0.2) is 0 Å². The molecule has 0 unspecified atom stereocenters. The van der Waals surface area contributed by atoms with Gasteiger partial charge in [0, 0.05) is 0 Å². The van der Waals surface area contributed by atoms with Crippen molar-refractivity contribution in [3.63, 3.8) is 0 Å². The van der Waals surface area contributed by atoms with Crippen molar-refractivity contribution in [1.29, 1.82) is 15.8 Å². The first-order valence-corrected chi connectivity index (χ1v) is 3.32. The van der Waals surface area contributed by atoms with Gasteiger partial charge in [-0.2, -0.15) is 10.5 Å². The molecule has 13 heavy (non-hydrogen) atoms. The van der Waals surface area contributed by atoms with E-state index in [0.717, 1.165) is 0 Å². The number of hydrogen-bond donors (Lipinski definition) is 0. The van der Waals surface area contributed by atoms with Gasteiger partial charge in [0.2, 0.25) is 0 Å². The van der Waals surface area contributed by atoms with E-state index in [1.807, 2.05) is 6.07 Å². The molecule has 0 aliphatic carbocycles. The third kappa shape index (κ3) is 1.56. The molecule has 0 saturated heterocycles.